The summed E-state index contributed by atoms with van der Waals surface area (Å²) in [5.41, 5.74) is 6.76. The normalized spacial score (nSPS) is 22.1. The van der Waals surface area contributed by atoms with Gasteiger partial charge < -0.3 is 24.4 Å². The Morgan fingerprint density at radius 3 is 2.55 bits per heavy atom. The monoisotopic (exact) mass is 541 g/mol. The topological polar surface area (TPSA) is 91.2 Å². The van der Waals surface area contributed by atoms with E-state index in [1.165, 1.54) is 5.56 Å². The molecule has 2 bridgehead atoms. The summed E-state index contributed by atoms with van der Waals surface area (Å²) in [4.78, 5) is 25.3. The van der Waals surface area contributed by atoms with E-state index in [4.69, 9.17) is 24.8 Å². The highest BCUT2D eigenvalue weighted by atomic mass is 16.5. The lowest BCUT2D eigenvalue weighted by Crippen LogP contribution is -2.43. The third-order valence-corrected chi connectivity index (χ3v) is 8.74. The summed E-state index contributed by atoms with van der Waals surface area (Å²) in [6.45, 7) is 8.25. The van der Waals surface area contributed by atoms with Crippen LogP contribution < -0.4 is 4.90 Å². The number of ether oxygens (including phenoxy) is 1. The molecule has 10 nitrogen and oxygen atoms in total. The van der Waals surface area contributed by atoms with Crippen LogP contribution in [0.2, 0.25) is 0 Å². The molecule has 3 fully saturated rings. The van der Waals surface area contributed by atoms with Gasteiger partial charge in [0.05, 0.1) is 36.3 Å². The zero-order valence-corrected chi connectivity index (χ0v) is 23.8. The Labute approximate surface area is 235 Å². The van der Waals surface area contributed by atoms with Crippen molar-refractivity contribution in [1.82, 2.24) is 39.5 Å². The molecular weight excluding hydrogens is 502 g/mol. The predicted molar refractivity (Wildman–Crippen MR) is 156 cm³/mol. The van der Waals surface area contributed by atoms with Crippen molar-refractivity contribution in [3.63, 3.8) is 0 Å². The molecule has 7 rings (SSSR count). The third kappa shape index (κ3) is 4.88. The molecule has 2 unspecified atom stereocenters. The molecule has 0 aromatic carbocycles. The van der Waals surface area contributed by atoms with Gasteiger partial charge in [0.1, 0.15) is 11.3 Å². The molecule has 3 aliphatic rings. The molecule has 0 spiro atoms. The van der Waals surface area contributed by atoms with Crippen LogP contribution in [0.3, 0.4) is 0 Å². The van der Waals surface area contributed by atoms with Gasteiger partial charge >= 0.3 is 0 Å². The Morgan fingerprint density at radius 2 is 1.80 bits per heavy atom. The number of aromatic nitrogens is 6. The molecule has 7 heterocycles. The van der Waals surface area contributed by atoms with Crippen LogP contribution in [0.1, 0.15) is 44.2 Å². The molecule has 3 saturated heterocycles. The fourth-order valence-electron chi connectivity index (χ4n) is 6.60. The van der Waals surface area contributed by atoms with Crippen molar-refractivity contribution in [3.05, 3.63) is 42.6 Å². The maximum absolute atomic E-state index is 6.08. The summed E-state index contributed by atoms with van der Waals surface area (Å²) in [6.07, 6.45) is 15.1. The molecule has 210 valence electrons. The molecule has 1 N–H and O–H groups in total. The number of aromatic amines is 1. The number of nitrogens with one attached hydrogen (secondary N) is 1. The fourth-order valence-corrected chi connectivity index (χ4v) is 6.60. The highest BCUT2D eigenvalue weighted by molar-refractivity contribution is 5.91. The van der Waals surface area contributed by atoms with Crippen LogP contribution in [-0.2, 0) is 11.3 Å². The Balaban J connectivity index is 1.18. The fraction of sp³-hybridized carbons (Fsp3) is 0.533. The molecule has 0 amide bonds. The highest BCUT2D eigenvalue weighted by Crippen LogP contribution is 2.34. The number of piperidine rings is 1. The van der Waals surface area contributed by atoms with Gasteiger partial charge in [-0.15, -0.1) is 0 Å². The number of nitrogens with zero attached hydrogens (tertiary/aromatic N) is 8. The van der Waals surface area contributed by atoms with Gasteiger partial charge in [-0.3, -0.25) is 4.68 Å². The summed E-state index contributed by atoms with van der Waals surface area (Å²) in [7, 11) is 4.20. The SMILES string of the molecule is CCN1CCC(n2cc(-c3c[nH]c4ncc(-c5cnc(N6CC7CCC(C6)O7)c(CN(C)C)c5)nc34)cn2)CC1. The second-order valence-electron chi connectivity index (χ2n) is 11.8. The number of pyridine rings is 1. The van der Waals surface area contributed by atoms with Gasteiger partial charge in [-0.2, -0.15) is 5.10 Å². The molecular formula is C30H39N9O. The smallest absolute Gasteiger partial charge is 0.156 e. The van der Waals surface area contributed by atoms with E-state index < -0.39 is 0 Å². The largest absolute Gasteiger partial charge is 0.371 e. The lowest BCUT2D eigenvalue weighted by atomic mass is 10.1. The number of H-pyrrole nitrogens is 1. The molecule has 10 heteroatoms. The number of rotatable bonds is 7. The highest BCUT2D eigenvalue weighted by Gasteiger charge is 2.35. The van der Waals surface area contributed by atoms with Crippen LogP contribution in [0.5, 0.6) is 0 Å². The van der Waals surface area contributed by atoms with E-state index in [2.05, 4.69) is 57.6 Å². The standard InChI is InChI=1S/C30H39N9O/c1-4-37-9-7-23(8-10-37)39-17-22(13-34-39)26-14-31-29-28(26)35-27(15-32-29)20-11-21(16-36(2)3)30(33-12-20)38-18-24-5-6-25(19-38)40-24/h11-15,17,23-25H,4-10,16,18-19H2,1-3H3,(H,31,32). The van der Waals surface area contributed by atoms with E-state index in [0.717, 1.165) is 104 Å². The third-order valence-electron chi connectivity index (χ3n) is 8.74. The maximum atomic E-state index is 6.08. The average Bonchev–Trinajstić information content (AvgIpc) is 3.70. The number of likely N-dealkylation sites (tertiary alicyclic amines) is 1. The summed E-state index contributed by atoms with van der Waals surface area (Å²) in [6, 6.07) is 2.69. The van der Waals surface area contributed by atoms with E-state index in [0.29, 0.717) is 18.2 Å². The first kappa shape index (κ1) is 25.6. The van der Waals surface area contributed by atoms with Crippen molar-refractivity contribution < 1.29 is 4.74 Å². The maximum Gasteiger partial charge on any atom is 0.156 e. The summed E-state index contributed by atoms with van der Waals surface area (Å²) >= 11 is 0. The van der Waals surface area contributed by atoms with Crippen molar-refractivity contribution in [1.29, 1.82) is 0 Å². The van der Waals surface area contributed by atoms with E-state index in [9.17, 15) is 0 Å². The van der Waals surface area contributed by atoms with Gasteiger partial charge in [0, 0.05) is 73.6 Å². The Hall–Kier alpha value is -3.34. The van der Waals surface area contributed by atoms with Crippen molar-refractivity contribution in [3.8, 4) is 22.4 Å². The summed E-state index contributed by atoms with van der Waals surface area (Å²) in [5.74, 6) is 1.06. The van der Waals surface area contributed by atoms with Gasteiger partial charge in [0.15, 0.2) is 5.65 Å². The van der Waals surface area contributed by atoms with Gasteiger partial charge in [-0.25, -0.2) is 15.0 Å². The summed E-state index contributed by atoms with van der Waals surface area (Å²) < 4.78 is 8.22. The van der Waals surface area contributed by atoms with Crippen LogP contribution >= 0.6 is 0 Å². The van der Waals surface area contributed by atoms with Gasteiger partial charge in [-0.1, -0.05) is 6.92 Å². The quantitative estimate of drug-likeness (QED) is 0.376. The first-order valence-electron chi connectivity index (χ1n) is 14.7. The van der Waals surface area contributed by atoms with E-state index in [-0.39, 0.29) is 0 Å². The number of hydrogen-bond acceptors (Lipinski definition) is 8. The van der Waals surface area contributed by atoms with Gasteiger partial charge in [0.25, 0.3) is 0 Å². The number of hydrogen-bond donors (Lipinski definition) is 1. The van der Waals surface area contributed by atoms with E-state index in [1.807, 2.05) is 24.8 Å². The Morgan fingerprint density at radius 1 is 1.00 bits per heavy atom. The van der Waals surface area contributed by atoms with Crippen molar-refractivity contribution in [2.24, 2.45) is 0 Å². The molecule has 0 aliphatic carbocycles. The van der Waals surface area contributed by atoms with Crippen LogP contribution in [0.15, 0.2) is 37.1 Å². The van der Waals surface area contributed by atoms with Crippen molar-refractivity contribution in [2.45, 2.75) is 57.4 Å². The molecule has 3 aliphatic heterocycles. The van der Waals surface area contributed by atoms with E-state index in [1.54, 1.807) is 0 Å². The van der Waals surface area contributed by atoms with E-state index >= 15 is 0 Å². The first-order valence-corrected chi connectivity index (χ1v) is 14.7. The Bertz CT molecular complexity index is 1470. The van der Waals surface area contributed by atoms with Crippen LogP contribution in [0.4, 0.5) is 5.82 Å². The van der Waals surface area contributed by atoms with Crippen molar-refractivity contribution in [2.75, 3.05) is 51.7 Å². The Kier molecular flexibility index (Phi) is 6.77. The second kappa shape index (κ2) is 10.6. The van der Waals surface area contributed by atoms with Gasteiger partial charge in [0.2, 0.25) is 0 Å². The molecule has 4 aromatic heterocycles. The van der Waals surface area contributed by atoms with Gasteiger partial charge in [-0.05, 0) is 52.4 Å². The lowest BCUT2D eigenvalue weighted by molar-refractivity contribution is 0.0301. The van der Waals surface area contributed by atoms with Crippen LogP contribution in [0.25, 0.3) is 33.5 Å². The predicted octanol–water partition coefficient (Wildman–Crippen LogP) is 3.97. The first-order chi connectivity index (χ1) is 19.5. The van der Waals surface area contributed by atoms with Crippen LogP contribution in [-0.4, -0.2) is 98.5 Å². The minimum Gasteiger partial charge on any atom is -0.371 e. The molecule has 2 atom stereocenters. The summed E-state index contributed by atoms with van der Waals surface area (Å²) in [5, 5.41) is 4.75. The average molecular weight is 542 g/mol. The molecule has 4 aromatic rings. The number of fused-ring (bicyclic) bond motifs is 3. The number of anilines is 1. The lowest BCUT2D eigenvalue weighted by Gasteiger charge is -2.34. The zero-order chi connectivity index (χ0) is 27.2. The second-order valence-corrected chi connectivity index (χ2v) is 11.8. The molecule has 0 radical (unpaired) electrons. The minimum atomic E-state index is 0.321. The van der Waals surface area contributed by atoms with Crippen molar-refractivity contribution >= 4 is 17.0 Å². The molecule has 0 saturated carbocycles. The minimum absolute atomic E-state index is 0.321. The zero-order valence-electron chi connectivity index (χ0n) is 23.8. The number of morpholine rings is 1. The van der Waals surface area contributed by atoms with Crippen LogP contribution in [0, 0.1) is 0 Å². The molecule has 40 heavy (non-hydrogen) atoms.